The molecule has 0 fully saturated rings. The zero-order valence-corrected chi connectivity index (χ0v) is 7.88. The Hall–Kier alpha value is -2.17. The third-order valence-corrected chi connectivity index (χ3v) is 2.12. The van der Waals surface area contributed by atoms with Gasteiger partial charge in [-0.25, -0.2) is 4.98 Å². The molecule has 0 aromatic carbocycles. The molecule has 2 heterocycles. The van der Waals surface area contributed by atoms with Gasteiger partial charge in [0, 0.05) is 23.3 Å². The van der Waals surface area contributed by atoms with Gasteiger partial charge in [-0.3, -0.25) is 9.59 Å². The maximum atomic E-state index is 10.8. The van der Waals surface area contributed by atoms with E-state index in [1.807, 2.05) is 0 Å². The van der Waals surface area contributed by atoms with Crippen LogP contribution in [0.1, 0.15) is 10.4 Å². The molecule has 0 aliphatic rings. The van der Waals surface area contributed by atoms with Crippen LogP contribution in [0.2, 0.25) is 0 Å². The number of carbonyl (C=O) groups is 2. The standard InChI is InChI=1S/C10H9N3O2/c11-9(15)5-13-4-7(6-14)8-2-1-3-12-10(8)13/h1-4,6H,5H2,(H2,11,15). The van der Waals surface area contributed by atoms with Crippen molar-refractivity contribution in [2.24, 2.45) is 5.73 Å². The van der Waals surface area contributed by atoms with E-state index in [0.717, 1.165) is 11.7 Å². The van der Waals surface area contributed by atoms with Crippen LogP contribution in [0.3, 0.4) is 0 Å². The summed E-state index contributed by atoms with van der Waals surface area (Å²) in [6, 6.07) is 3.52. The average molecular weight is 203 g/mol. The van der Waals surface area contributed by atoms with Crippen LogP contribution in [0, 0.1) is 0 Å². The van der Waals surface area contributed by atoms with Crippen LogP contribution in [-0.2, 0) is 11.3 Å². The fourth-order valence-electron chi connectivity index (χ4n) is 1.53. The number of nitrogens with two attached hydrogens (primary N) is 1. The summed E-state index contributed by atoms with van der Waals surface area (Å²) in [5.41, 5.74) is 6.20. The Bertz CT molecular complexity index is 530. The van der Waals surface area contributed by atoms with Gasteiger partial charge in [-0.15, -0.1) is 0 Å². The van der Waals surface area contributed by atoms with Gasteiger partial charge in [0.2, 0.25) is 5.91 Å². The van der Waals surface area contributed by atoms with Gasteiger partial charge in [0.1, 0.15) is 12.2 Å². The van der Waals surface area contributed by atoms with Crippen LogP contribution in [0.15, 0.2) is 24.5 Å². The molecule has 76 valence electrons. The topological polar surface area (TPSA) is 78.0 Å². The molecule has 0 bridgehead atoms. The lowest BCUT2D eigenvalue weighted by Crippen LogP contribution is -2.18. The molecule has 1 amide bonds. The van der Waals surface area contributed by atoms with Crippen molar-refractivity contribution in [1.29, 1.82) is 0 Å². The van der Waals surface area contributed by atoms with E-state index in [2.05, 4.69) is 4.98 Å². The number of hydrogen-bond donors (Lipinski definition) is 1. The molecule has 2 N–H and O–H groups in total. The van der Waals surface area contributed by atoms with Gasteiger partial charge >= 0.3 is 0 Å². The predicted octanol–water partition coefficient (Wildman–Crippen LogP) is 0.334. The van der Waals surface area contributed by atoms with Crippen molar-refractivity contribution in [2.45, 2.75) is 6.54 Å². The SMILES string of the molecule is NC(=O)Cn1cc(C=O)c2cccnc21. The van der Waals surface area contributed by atoms with Crippen molar-refractivity contribution in [1.82, 2.24) is 9.55 Å². The second-order valence-electron chi connectivity index (χ2n) is 3.17. The highest BCUT2D eigenvalue weighted by atomic mass is 16.1. The first kappa shape index (κ1) is 9.39. The molecule has 15 heavy (non-hydrogen) atoms. The number of amides is 1. The predicted molar refractivity (Wildman–Crippen MR) is 54.3 cm³/mol. The second kappa shape index (κ2) is 3.53. The zero-order valence-electron chi connectivity index (χ0n) is 7.88. The van der Waals surface area contributed by atoms with Crippen LogP contribution in [0.4, 0.5) is 0 Å². The number of aromatic nitrogens is 2. The maximum absolute atomic E-state index is 10.8. The van der Waals surface area contributed by atoms with Gasteiger partial charge in [0.05, 0.1) is 0 Å². The van der Waals surface area contributed by atoms with Crippen LogP contribution in [-0.4, -0.2) is 21.7 Å². The number of pyridine rings is 1. The molecular formula is C10H9N3O2. The quantitative estimate of drug-likeness (QED) is 0.730. The van der Waals surface area contributed by atoms with Crippen molar-refractivity contribution in [3.63, 3.8) is 0 Å². The Morgan fingerprint density at radius 2 is 2.40 bits per heavy atom. The minimum atomic E-state index is -0.463. The molecule has 5 nitrogen and oxygen atoms in total. The molecule has 2 aromatic heterocycles. The number of aldehydes is 1. The Kier molecular flexibility index (Phi) is 2.21. The van der Waals surface area contributed by atoms with E-state index >= 15 is 0 Å². The highest BCUT2D eigenvalue weighted by Gasteiger charge is 2.09. The molecule has 5 heteroatoms. The average Bonchev–Trinajstić information content (AvgIpc) is 2.56. The fraction of sp³-hybridized carbons (Fsp3) is 0.100. The lowest BCUT2D eigenvalue weighted by molar-refractivity contribution is -0.118. The van der Waals surface area contributed by atoms with E-state index in [-0.39, 0.29) is 6.54 Å². The third-order valence-electron chi connectivity index (χ3n) is 2.12. The first-order chi connectivity index (χ1) is 7.22. The first-order valence-corrected chi connectivity index (χ1v) is 4.39. The molecule has 2 aromatic rings. The Morgan fingerprint density at radius 1 is 1.60 bits per heavy atom. The number of rotatable bonds is 3. The van der Waals surface area contributed by atoms with Gasteiger partial charge in [-0.2, -0.15) is 0 Å². The summed E-state index contributed by atoms with van der Waals surface area (Å²) in [5, 5.41) is 0.730. The van der Waals surface area contributed by atoms with E-state index in [4.69, 9.17) is 5.73 Å². The maximum Gasteiger partial charge on any atom is 0.237 e. The Morgan fingerprint density at radius 3 is 3.07 bits per heavy atom. The Labute approximate surface area is 85.5 Å². The molecular weight excluding hydrogens is 194 g/mol. The summed E-state index contributed by atoms with van der Waals surface area (Å²) in [6.07, 6.45) is 3.92. The van der Waals surface area contributed by atoms with Crippen molar-refractivity contribution < 1.29 is 9.59 Å². The number of carbonyl (C=O) groups excluding carboxylic acids is 2. The number of nitrogens with zero attached hydrogens (tertiary/aromatic N) is 2. The normalized spacial score (nSPS) is 10.4. The zero-order chi connectivity index (χ0) is 10.8. The molecule has 0 aliphatic carbocycles. The van der Waals surface area contributed by atoms with Crippen LogP contribution in [0.5, 0.6) is 0 Å². The molecule has 0 saturated heterocycles. The lowest BCUT2D eigenvalue weighted by atomic mass is 10.2. The Balaban J connectivity index is 2.64. The van der Waals surface area contributed by atoms with Crippen molar-refractivity contribution >= 4 is 23.2 Å². The number of primary amides is 1. The van der Waals surface area contributed by atoms with Crippen LogP contribution < -0.4 is 5.73 Å². The molecule has 0 aliphatic heterocycles. The highest BCUT2D eigenvalue weighted by Crippen LogP contribution is 2.17. The van der Waals surface area contributed by atoms with E-state index < -0.39 is 5.91 Å². The summed E-state index contributed by atoms with van der Waals surface area (Å²) in [7, 11) is 0. The summed E-state index contributed by atoms with van der Waals surface area (Å²) in [6.45, 7) is 0.0291. The van der Waals surface area contributed by atoms with Crippen LogP contribution >= 0.6 is 0 Å². The highest BCUT2D eigenvalue weighted by molar-refractivity contribution is 5.96. The summed E-state index contributed by atoms with van der Waals surface area (Å²) < 4.78 is 1.57. The van der Waals surface area contributed by atoms with Gasteiger partial charge in [-0.05, 0) is 12.1 Å². The fourth-order valence-corrected chi connectivity index (χ4v) is 1.53. The second-order valence-corrected chi connectivity index (χ2v) is 3.17. The lowest BCUT2D eigenvalue weighted by Gasteiger charge is -1.99. The van der Waals surface area contributed by atoms with E-state index in [9.17, 15) is 9.59 Å². The summed E-state index contributed by atoms with van der Waals surface area (Å²) in [4.78, 5) is 25.7. The van der Waals surface area contributed by atoms with Gasteiger partial charge in [-0.1, -0.05) is 0 Å². The summed E-state index contributed by atoms with van der Waals surface area (Å²) >= 11 is 0. The number of fused-ring (bicyclic) bond motifs is 1. The minimum absolute atomic E-state index is 0.0291. The molecule has 0 saturated carbocycles. The molecule has 0 spiro atoms. The molecule has 0 radical (unpaired) electrons. The molecule has 0 atom stereocenters. The van der Waals surface area contributed by atoms with Crippen molar-refractivity contribution in [2.75, 3.05) is 0 Å². The van der Waals surface area contributed by atoms with Crippen LogP contribution in [0.25, 0.3) is 11.0 Å². The van der Waals surface area contributed by atoms with E-state index in [1.165, 1.54) is 0 Å². The van der Waals surface area contributed by atoms with Gasteiger partial charge in [0.25, 0.3) is 0 Å². The molecule has 2 rings (SSSR count). The molecule has 0 unspecified atom stereocenters. The largest absolute Gasteiger partial charge is 0.368 e. The smallest absolute Gasteiger partial charge is 0.237 e. The number of hydrogen-bond acceptors (Lipinski definition) is 3. The van der Waals surface area contributed by atoms with Crippen molar-refractivity contribution in [3.05, 3.63) is 30.1 Å². The van der Waals surface area contributed by atoms with Gasteiger partial charge < -0.3 is 10.3 Å². The minimum Gasteiger partial charge on any atom is -0.368 e. The van der Waals surface area contributed by atoms with E-state index in [0.29, 0.717) is 11.2 Å². The monoisotopic (exact) mass is 203 g/mol. The third kappa shape index (κ3) is 1.59. The summed E-state index contributed by atoms with van der Waals surface area (Å²) in [5.74, 6) is -0.463. The van der Waals surface area contributed by atoms with Gasteiger partial charge in [0.15, 0.2) is 6.29 Å². The first-order valence-electron chi connectivity index (χ1n) is 4.39. The van der Waals surface area contributed by atoms with E-state index in [1.54, 1.807) is 29.1 Å². The van der Waals surface area contributed by atoms with Crippen molar-refractivity contribution in [3.8, 4) is 0 Å².